The summed E-state index contributed by atoms with van der Waals surface area (Å²) in [5.41, 5.74) is 1.39. The van der Waals surface area contributed by atoms with Crippen LogP contribution in [0.15, 0.2) is 18.2 Å². The van der Waals surface area contributed by atoms with Gasteiger partial charge in [-0.25, -0.2) is 4.39 Å². The van der Waals surface area contributed by atoms with Gasteiger partial charge in [-0.3, -0.25) is 4.79 Å². The van der Waals surface area contributed by atoms with Crippen molar-refractivity contribution in [1.29, 1.82) is 0 Å². The predicted octanol–water partition coefficient (Wildman–Crippen LogP) is 2.89. The monoisotopic (exact) mass is 239 g/mol. The molecule has 0 amide bonds. The molecule has 0 spiro atoms. The van der Waals surface area contributed by atoms with Gasteiger partial charge in [-0.15, -0.1) is 0 Å². The van der Waals surface area contributed by atoms with Gasteiger partial charge >= 0.3 is 5.97 Å². The fraction of sp³-hybridized carbons (Fsp3) is 0.462. The molecule has 0 saturated heterocycles. The van der Waals surface area contributed by atoms with Gasteiger partial charge in [0.1, 0.15) is 5.82 Å². The highest BCUT2D eigenvalue weighted by molar-refractivity contribution is 5.70. The van der Waals surface area contributed by atoms with Crippen LogP contribution in [-0.2, 0) is 9.53 Å². The molecule has 1 aromatic carbocycles. The quantitative estimate of drug-likeness (QED) is 0.803. The average Bonchev–Trinajstić information content (AvgIpc) is 2.23. The van der Waals surface area contributed by atoms with Crippen LogP contribution in [0.2, 0.25) is 0 Å². The van der Waals surface area contributed by atoms with Crippen molar-refractivity contribution in [1.82, 2.24) is 0 Å². The molecule has 1 atom stereocenters. The number of carbonyl (C=O) groups excluding carboxylic acids is 1. The van der Waals surface area contributed by atoms with Crippen LogP contribution in [0.5, 0.6) is 0 Å². The molecule has 0 radical (unpaired) electrons. The number of halogens is 1. The van der Waals surface area contributed by atoms with Crippen LogP contribution in [-0.4, -0.2) is 18.6 Å². The summed E-state index contributed by atoms with van der Waals surface area (Å²) in [6.07, 6.45) is 0.223. The molecule has 0 aliphatic rings. The summed E-state index contributed by atoms with van der Waals surface area (Å²) in [6, 6.07) is 4.67. The maximum atomic E-state index is 13.4. The van der Waals surface area contributed by atoms with E-state index in [1.54, 1.807) is 19.1 Å². The van der Waals surface area contributed by atoms with E-state index in [0.29, 0.717) is 12.3 Å². The van der Waals surface area contributed by atoms with Crippen LogP contribution in [0.3, 0.4) is 0 Å². The predicted molar refractivity (Wildman–Crippen MR) is 65.5 cm³/mol. The molecule has 1 rings (SSSR count). The van der Waals surface area contributed by atoms with E-state index in [4.69, 9.17) is 4.74 Å². The van der Waals surface area contributed by atoms with Crippen molar-refractivity contribution >= 4 is 11.7 Å². The van der Waals surface area contributed by atoms with E-state index in [-0.39, 0.29) is 24.2 Å². The molecule has 0 saturated carbocycles. The lowest BCUT2D eigenvalue weighted by Crippen LogP contribution is -2.21. The van der Waals surface area contributed by atoms with Crippen LogP contribution >= 0.6 is 0 Å². The van der Waals surface area contributed by atoms with Gasteiger partial charge in [0, 0.05) is 6.04 Å². The number of carbonyl (C=O) groups is 1. The maximum absolute atomic E-state index is 13.4. The molecule has 0 aliphatic carbocycles. The van der Waals surface area contributed by atoms with E-state index in [2.05, 4.69) is 5.32 Å². The van der Waals surface area contributed by atoms with E-state index < -0.39 is 0 Å². The number of benzene rings is 1. The highest BCUT2D eigenvalue weighted by Gasteiger charge is 2.11. The molecule has 1 unspecified atom stereocenters. The normalized spacial score (nSPS) is 12.0. The Kier molecular flexibility index (Phi) is 4.94. The van der Waals surface area contributed by atoms with Crippen molar-refractivity contribution in [3.63, 3.8) is 0 Å². The number of anilines is 1. The minimum atomic E-state index is -0.314. The van der Waals surface area contributed by atoms with Gasteiger partial charge in [0.15, 0.2) is 0 Å². The first-order valence-corrected chi connectivity index (χ1v) is 5.71. The Balaban J connectivity index is 2.58. The van der Waals surface area contributed by atoms with E-state index in [9.17, 15) is 9.18 Å². The lowest BCUT2D eigenvalue weighted by atomic mass is 10.2. The van der Waals surface area contributed by atoms with E-state index in [0.717, 1.165) is 5.56 Å². The molecular weight excluding hydrogens is 221 g/mol. The number of esters is 1. The van der Waals surface area contributed by atoms with Crippen molar-refractivity contribution in [2.24, 2.45) is 0 Å². The van der Waals surface area contributed by atoms with Gasteiger partial charge in [-0.05, 0) is 38.5 Å². The number of hydrogen-bond acceptors (Lipinski definition) is 3. The average molecular weight is 239 g/mol. The Morgan fingerprint density at radius 3 is 2.88 bits per heavy atom. The third kappa shape index (κ3) is 4.43. The van der Waals surface area contributed by atoms with Gasteiger partial charge in [-0.1, -0.05) is 6.07 Å². The molecule has 3 nitrogen and oxygen atoms in total. The van der Waals surface area contributed by atoms with Gasteiger partial charge in [0.2, 0.25) is 0 Å². The lowest BCUT2D eigenvalue weighted by Gasteiger charge is -2.15. The minimum absolute atomic E-state index is 0.162. The minimum Gasteiger partial charge on any atom is -0.466 e. The Morgan fingerprint density at radius 1 is 1.53 bits per heavy atom. The van der Waals surface area contributed by atoms with Crippen LogP contribution in [0.1, 0.15) is 25.8 Å². The van der Waals surface area contributed by atoms with Crippen molar-refractivity contribution in [2.45, 2.75) is 33.2 Å². The van der Waals surface area contributed by atoms with E-state index in [1.807, 2.05) is 13.8 Å². The van der Waals surface area contributed by atoms with Crippen molar-refractivity contribution in [3.8, 4) is 0 Å². The summed E-state index contributed by atoms with van der Waals surface area (Å²) in [5, 5.41) is 2.96. The Labute approximate surface area is 101 Å². The van der Waals surface area contributed by atoms with E-state index in [1.165, 1.54) is 6.07 Å². The fourth-order valence-electron chi connectivity index (χ4n) is 1.54. The highest BCUT2D eigenvalue weighted by atomic mass is 19.1. The number of ether oxygens (including phenoxy) is 1. The number of hydrogen-bond donors (Lipinski definition) is 1. The first-order valence-electron chi connectivity index (χ1n) is 5.71. The molecule has 1 aromatic rings. The Bertz CT molecular complexity index is 393. The molecule has 1 N–H and O–H groups in total. The van der Waals surface area contributed by atoms with Crippen LogP contribution in [0.25, 0.3) is 0 Å². The summed E-state index contributed by atoms with van der Waals surface area (Å²) in [6.45, 7) is 5.83. The zero-order valence-corrected chi connectivity index (χ0v) is 10.4. The summed E-state index contributed by atoms with van der Waals surface area (Å²) in [5.74, 6) is -0.591. The molecule has 0 bridgehead atoms. The van der Waals surface area contributed by atoms with Gasteiger partial charge in [-0.2, -0.15) is 0 Å². The zero-order valence-electron chi connectivity index (χ0n) is 10.4. The standard InChI is InChI=1S/C13H18FNO2/c1-4-17-13(16)8-10(3)15-12-7-9(2)5-6-11(12)14/h5-7,10,15H,4,8H2,1-3H3. The molecule has 0 fully saturated rings. The summed E-state index contributed by atoms with van der Waals surface area (Å²) in [4.78, 5) is 11.2. The second-order valence-electron chi connectivity index (χ2n) is 4.04. The molecule has 94 valence electrons. The molecule has 0 aliphatic heterocycles. The topological polar surface area (TPSA) is 38.3 Å². The van der Waals surface area contributed by atoms with Crippen LogP contribution in [0.4, 0.5) is 10.1 Å². The molecule has 0 aromatic heterocycles. The Hall–Kier alpha value is -1.58. The van der Waals surface area contributed by atoms with E-state index >= 15 is 0 Å². The fourth-order valence-corrected chi connectivity index (χ4v) is 1.54. The van der Waals surface area contributed by atoms with Crippen LogP contribution < -0.4 is 5.32 Å². The lowest BCUT2D eigenvalue weighted by molar-refractivity contribution is -0.143. The van der Waals surface area contributed by atoms with Gasteiger partial charge < -0.3 is 10.1 Å². The smallest absolute Gasteiger partial charge is 0.307 e. The largest absolute Gasteiger partial charge is 0.466 e. The second-order valence-corrected chi connectivity index (χ2v) is 4.04. The van der Waals surface area contributed by atoms with Crippen LogP contribution in [0, 0.1) is 12.7 Å². The molecule has 17 heavy (non-hydrogen) atoms. The van der Waals surface area contributed by atoms with Gasteiger partial charge in [0.05, 0.1) is 18.7 Å². The third-order valence-electron chi connectivity index (χ3n) is 2.30. The maximum Gasteiger partial charge on any atom is 0.307 e. The third-order valence-corrected chi connectivity index (χ3v) is 2.30. The highest BCUT2D eigenvalue weighted by Crippen LogP contribution is 2.17. The summed E-state index contributed by atoms with van der Waals surface area (Å²) in [7, 11) is 0. The summed E-state index contributed by atoms with van der Waals surface area (Å²) >= 11 is 0. The number of aryl methyl sites for hydroxylation is 1. The van der Waals surface area contributed by atoms with Crippen molar-refractivity contribution in [3.05, 3.63) is 29.6 Å². The first kappa shape index (κ1) is 13.5. The molecule has 4 heteroatoms. The number of nitrogens with one attached hydrogen (secondary N) is 1. The van der Waals surface area contributed by atoms with Crippen molar-refractivity contribution < 1.29 is 13.9 Å². The first-order chi connectivity index (χ1) is 8.02. The van der Waals surface area contributed by atoms with Crippen molar-refractivity contribution in [2.75, 3.05) is 11.9 Å². The second kappa shape index (κ2) is 6.23. The summed E-state index contributed by atoms with van der Waals surface area (Å²) < 4.78 is 18.3. The number of rotatable bonds is 5. The van der Waals surface area contributed by atoms with Gasteiger partial charge in [0.25, 0.3) is 0 Å². The SMILES string of the molecule is CCOC(=O)CC(C)Nc1cc(C)ccc1F. The molecule has 0 heterocycles. The Morgan fingerprint density at radius 2 is 2.24 bits per heavy atom. The molecular formula is C13H18FNO2. The zero-order chi connectivity index (χ0) is 12.8.